The van der Waals surface area contributed by atoms with Crippen LogP contribution >= 0.6 is 0 Å². The highest BCUT2D eigenvalue weighted by atomic mass is 15.5. The van der Waals surface area contributed by atoms with Crippen LogP contribution in [0.5, 0.6) is 0 Å². The summed E-state index contributed by atoms with van der Waals surface area (Å²) >= 11 is 0. The molecule has 0 amide bonds. The highest BCUT2D eigenvalue weighted by molar-refractivity contribution is 5.80. The van der Waals surface area contributed by atoms with E-state index in [2.05, 4.69) is 64.8 Å². The Balaban J connectivity index is 1.57. The second-order valence-corrected chi connectivity index (χ2v) is 8.03. The molecule has 0 bridgehead atoms. The van der Waals surface area contributed by atoms with Gasteiger partial charge in [0.05, 0.1) is 12.6 Å². The lowest BCUT2D eigenvalue weighted by Crippen LogP contribution is -2.12. The number of aromatic nitrogens is 7. The first kappa shape index (κ1) is 21.8. The third-order valence-electron chi connectivity index (χ3n) is 5.57. The number of hydrogen-bond donors (Lipinski definition) is 2. The van der Waals surface area contributed by atoms with Crippen LogP contribution in [0.25, 0.3) is 22.5 Å². The van der Waals surface area contributed by atoms with Gasteiger partial charge in [0, 0.05) is 12.0 Å². The van der Waals surface area contributed by atoms with Crippen molar-refractivity contribution in [1.82, 2.24) is 35.4 Å². The predicted molar refractivity (Wildman–Crippen MR) is 125 cm³/mol. The van der Waals surface area contributed by atoms with Gasteiger partial charge in [-0.2, -0.15) is 5.10 Å². The molecule has 0 fully saturated rings. The van der Waals surface area contributed by atoms with Gasteiger partial charge in [0.25, 0.3) is 0 Å². The van der Waals surface area contributed by atoms with Gasteiger partial charge in [0.2, 0.25) is 0 Å². The molecule has 0 spiro atoms. The quantitative estimate of drug-likeness (QED) is 0.388. The number of benzene rings is 2. The molecule has 1 atom stereocenters. The van der Waals surface area contributed by atoms with Gasteiger partial charge in [-0.05, 0) is 40.0 Å². The van der Waals surface area contributed by atoms with E-state index in [-0.39, 0.29) is 6.04 Å². The van der Waals surface area contributed by atoms with Crippen LogP contribution in [0.1, 0.15) is 62.8 Å². The Morgan fingerprint density at radius 2 is 1.78 bits per heavy atom. The Morgan fingerprint density at radius 1 is 1.00 bits per heavy atom. The average molecular weight is 431 g/mol. The maximum absolute atomic E-state index is 6.29. The lowest BCUT2D eigenvalue weighted by Gasteiger charge is -2.09. The predicted octanol–water partition coefficient (Wildman–Crippen LogP) is 4.32. The SMILES string of the molecule is CCCCc1nc(C(N)CCC)nn1Cc1ccc(-c2ccccc2-c2nnn[nH]2)cc1. The normalized spacial score (nSPS) is 12.2. The van der Waals surface area contributed by atoms with Gasteiger partial charge in [0.1, 0.15) is 5.82 Å². The number of tetrazole rings is 1. The number of hydrogen-bond acceptors (Lipinski definition) is 6. The van der Waals surface area contributed by atoms with Gasteiger partial charge in [-0.1, -0.05) is 75.2 Å². The zero-order valence-electron chi connectivity index (χ0n) is 18.7. The monoisotopic (exact) mass is 430 g/mol. The van der Waals surface area contributed by atoms with Crippen LogP contribution in [-0.4, -0.2) is 35.4 Å². The summed E-state index contributed by atoms with van der Waals surface area (Å²) in [6.07, 6.45) is 5.05. The first-order valence-electron chi connectivity index (χ1n) is 11.3. The minimum absolute atomic E-state index is 0.105. The van der Waals surface area contributed by atoms with E-state index in [9.17, 15) is 0 Å². The molecular weight excluding hydrogens is 400 g/mol. The second-order valence-electron chi connectivity index (χ2n) is 8.03. The standard InChI is InChI=1S/C24H30N8/c1-3-5-11-22-26-24(21(25)8-4-2)29-32(22)16-17-12-14-18(15-13-17)19-9-6-7-10-20(19)23-27-30-31-28-23/h6-7,9-10,12-15,21H,3-5,8,11,16,25H2,1-2H3,(H,27,28,30,31). The highest BCUT2D eigenvalue weighted by Crippen LogP contribution is 2.29. The summed E-state index contributed by atoms with van der Waals surface area (Å²) in [6.45, 7) is 5.00. The van der Waals surface area contributed by atoms with Gasteiger partial charge in [0.15, 0.2) is 11.6 Å². The van der Waals surface area contributed by atoms with Gasteiger partial charge in [-0.25, -0.2) is 14.8 Å². The molecule has 0 radical (unpaired) electrons. The van der Waals surface area contributed by atoms with E-state index in [0.29, 0.717) is 12.4 Å². The topological polar surface area (TPSA) is 111 Å². The molecule has 0 aliphatic heterocycles. The summed E-state index contributed by atoms with van der Waals surface area (Å²) in [5.41, 5.74) is 10.6. The number of aryl methyl sites for hydroxylation is 1. The van der Waals surface area contributed by atoms with Crippen LogP contribution in [-0.2, 0) is 13.0 Å². The third kappa shape index (κ3) is 4.91. The first-order chi connectivity index (χ1) is 15.7. The fourth-order valence-electron chi connectivity index (χ4n) is 3.81. The smallest absolute Gasteiger partial charge is 0.180 e. The molecule has 0 saturated heterocycles. The second kappa shape index (κ2) is 10.3. The molecule has 0 saturated carbocycles. The molecule has 3 N–H and O–H groups in total. The van der Waals surface area contributed by atoms with Crippen molar-refractivity contribution in [1.29, 1.82) is 0 Å². The van der Waals surface area contributed by atoms with Gasteiger partial charge >= 0.3 is 0 Å². The van der Waals surface area contributed by atoms with Crippen LogP contribution in [0.2, 0.25) is 0 Å². The van der Waals surface area contributed by atoms with Crippen LogP contribution in [0.4, 0.5) is 0 Å². The summed E-state index contributed by atoms with van der Waals surface area (Å²) in [4.78, 5) is 4.77. The molecule has 2 aromatic heterocycles. The van der Waals surface area contributed by atoms with Gasteiger partial charge in [-0.3, -0.25) is 0 Å². The Bertz CT molecular complexity index is 1120. The van der Waals surface area contributed by atoms with Gasteiger partial charge in [-0.15, -0.1) is 5.10 Å². The molecule has 1 unspecified atom stereocenters. The summed E-state index contributed by atoms with van der Waals surface area (Å²) in [5.74, 6) is 2.42. The van der Waals surface area contributed by atoms with Crippen molar-refractivity contribution in [2.24, 2.45) is 5.73 Å². The van der Waals surface area contributed by atoms with E-state index in [1.54, 1.807) is 0 Å². The zero-order valence-corrected chi connectivity index (χ0v) is 18.7. The minimum Gasteiger partial charge on any atom is -0.321 e. The van der Waals surface area contributed by atoms with Gasteiger partial charge < -0.3 is 5.73 Å². The molecule has 2 heterocycles. The number of unbranched alkanes of at least 4 members (excludes halogenated alkanes) is 1. The zero-order chi connectivity index (χ0) is 22.3. The van der Waals surface area contributed by atoms with E-state index in [1.807, 2.05) is 22.9 Å². The number of nitrogens with two attached hydrogens (primary N) is 1. The first-order valence-corrected chi connectivity index (χ1v) is 11.3. The molecule has 32 heavy (non-hydrogen) atoms. The molecule has 8 nitrogen and oxygen atoms in total. The Kier molecular flexibility index (Phi) is 7.01. The lowest BCUT2D eigenvalue weighted by atomic mass is 9.98. The number of aromatic amines is 1. The van der Waals surface area contributed by atoms with Crippen molar-refractivity contribution in [2.45, 2.75) is 58.5 Å². The lowest BCUT2D eigenvalue weighted by molar-refractivity contribution is 0.578. The number of H-pyrrole nitrogens is 1. The molecule has 8 heteroatoms. The molecule has 0 aliphatic carbocycles. The molecule has 0 aliphatic rings. The Morgan fingerprint density at radius 3 is 2.47 bits per heavy atom. The number of rotatable bonds is 10. The average Bonchev–Trinajstić information content (AvgIpc) is 3.49. The fourth-order valence-corrected chi connectivity index (χ4v) is 3.81. The van der Waals surface area contributed by atoms with Crippen molar-refractivity contribution < 1.29 is 0 Å². The number of nitrogens with zero attached hydrogens (tertiary/aromatic N) is 6. The third-order valence-corrected chi connectivity index (χ3v) is 5.57. The van der Waals surface area contributed by atoms with Crippen molar-refractivity contribution in [3.05, 3.63) is 65.7 Å². The highest BCUT2D eigenvalue weighted by Gasteiger charge is 2.16. The van der Waals surface area contributed by atoms with Crippen LogP contribution in [0.15, 0.2) is 48.5 Å². The molecular formula is C24H30N8. The minimum atomic E-state index is -0.105. The van der Waals surface area contributed by atoms with Crippen LogP contribution in [0.3, 0.4) is 0 Å². The molecule has 2 aromatic carbocycles. The van der Waals surface area contributed by atoms with Crippen molar-refractivity contribution in [3.8, 4) is 22.5 Å². The van der Waals surface area contributed by atoms with Crippen LogP contribution in [0, 0.1) is 0 Å². The van der Waals surface area contributed by atoms with E-state index in [4.69, 9.17) is 15.8 Å². The Hall–Kier alpha value is -3.39. The molecule has 166 valence electrons. The summed E-state index contributed by atoms with van der Waals surface area (Å²) < 4.78 is 2.02. The van der Waals surface area contributed by atoms with E-state index >= 15 is 0 Å². The molecule has 4 aromatic rings. The van der Waals surface area contributed by atoms with E-state index in [0.717, 1.165) is 60.4 Å². The fraction of sp³-hybridized carbons (Fsp3) is 0.375. The number of nitrogens with one attached hydrogen (secondary N) is 1. The Labute approximate surface area is 188 Å². The van der Waals surface area contributed by atoms with Crippen molar-refractivity contribution >= 4 is 0 Å². The summed E-state index contributed by atoms with van der Waals surface area (Å²) in [6, 6.07) is 16.5. The van der Waals surface area contributed by atoms with Crippen LogP contribution < -0.4 is 5.73 Å². The van der Waals surface area contributed by atoms with E-state index < -0.39 is 0 Å². The maximum Gasteiger partial charge on any atom is 0.180 e. The largest absolute Gasteiger partial charge is 0.321 e. The van der Waals surface area contributed by atoms with Crippen molar-refractivity contribution in [3.63, 3.8) is 0 Å². The van der Waals surface area contributed by atoms with Crippen molar-refractivity contribution in [2.75, 3.05) is 0 Å². The summed E-state index contributed by atoms with van der Waals surface area (Å²) in [5, 5.41) is 19.1. The maximum atomic E-state index is 6.29. The molecule has 4 rings (SSSR count). The summed E-state index contributed by atoms with van der Waals surface area (Å²) in [7, 11) is 0. The van der Waals surface area contributed by atoms with E-state index in [1.165, 1.54) is 5.56 Å².